The van der Waals surface area contributed by atoms with Crippen molar-refractivity contribution >= 4 is 6.03 Å². The molecule has 2 saturated heterocycles. The third kappa shape index (κ3) is 4.66. The lowest BCUT2D eigenvalue weighted by Crippen LogP contribution is -2.56. The number of amides is 2. The Labute approximate surface area is 151 Å². The van der Waals surface area contributed by atoms with Gasteiger partial charge in [-0.25, -0.2) is 4.79 Å². The summed E-state index contributed by atoms with van der Waals surface area (Å²) >= 11 is 0. The second-order valence-corrected chi connectivity index (χ2v) is 7.26. The average Bonchev–Trinajstić information content (AvgIpc) is 2.58. The van der Waals surface area contributed by atoms with E-state index < -0.39 is 0 Å². The lowest BCUT2D eigenvalue weighted by atomic mass is 9.82. The molecular weight excluding hydrogens is 314 g/mol. The number of fused-ring (bicyclic) bond motifs is 2. The second kappa shape index (κ2) is 8.56. The lowest BCUT2D eigenvalue weighted by Gasteiger charge is -2.47. The zero-order valence-electron chi connectivity index (χ0n) is 15.5. The van der Waals surface area contributed by atoms with E-state index in [-0.39, 0.29) is 6.03 Å². The third-order valence-electron chi connectivity index (χ3n) is 5.63. The minimum atomic E-state index is -0.0403. The molecule has 138 valence electrons. The van der Waals surface area contributed by atoms with E-state index in [0.29, 0.717) is 31.3 Å². The van der Waals surface area contributed by atoms with E-state index in [0.717, 1.165) is 30.6 Å². The van der Waals surface area contributed by atoms with Gasteiger partial charge in [0, 0.05) is 24.7 Å². The molecule has 2 unspecified atom stereocenters. The molecular formula is C20H31N3O2. The molecule has 2 amide bonds. The van der Waals surface area contributed by atoms with Crippen molar-refractivity contribution in [1.82, 2.24) is 15.5 Å². The van der Waals surface area contributed by atoms with E-state index in [1.54, 1.807) is 0 Å². The molecule has 0 spiro atoms. The quantitative estimate of drug-likeness (QED) is 0.833. The summed E-state index contributed by atoms with van der Waals surface area (Å²) in [6.45, 7) is 3.26. The number of carbonyl (C=O) groups is 1. The van der Waals surface area contributed by atoms with E-state index >= 15 is 0 Å². The SMILES string of the molecule is CCOc1ccccc1CCNC(=O)NC1CC2CCCC(C1)N2C. The summed E-state index contributed by atoms with van der Waals surface area (Å²) in [7, 11) is 2.24. The lowest BCUT2D eigenvalue weighted by molar-refractivity contribution is 0.0509. The van der Waals surface area contributed by atoms with E-state index in [9.17, 15) is 4.79 Å². The Morgan fingerprint density at radius 1 is 1.24 bits per heavy atom. The van der Waals surface area contributed by atoms with Gasteiger partial charge in [0.1, 0.15) is 5.75 Å². The number of rotatable bonds is 6. The number of benzene rings is 1. The van der Waals surface area contributed by atoms with Crippen LogP contribution in [0.3, 0.4) is 0 Å². The van der Waals surface area contributed by atoms with Gasteiger partial charge in [0.25, 0.3) is 0 Å². The molecule has 2 fully saturated rings. The normalized spacial score (nSPS) is 26.1. The largest absolute Gasteiger partial charge is 0.494 e. The van der Waals surface area contributed by atoms with Crippen molar-refractivity contribution in [3.05, 3.63) is 29.8 Å². The van der Waals surface area contributed by atoms with Crippen molar-refractivity contribution in [3.63, 3.8) is 0 Å². The molecule has 1 aromatic rings. The Hall–Kier alpha value is -1.75. The molecule has 5 heteroatoms. The predicted octanol–water partition coefficient (Wildman–Crippen LogP) is 2.94. The van der Waals surface area contributed by atoms with E-state index in [1.807, 2.05) is 25.1 Å². The molecule has 25 heavy (non-hydrogen) atoms. The fraction of sp³-hybridized carbons (Fsp3) is 0.650. The van der Waals surface area contributed by atoms with Gasteiger partial charge in [-0.3, -0.25) is 0 Å². The molecule has 0 aliphatic carbocycles. The van der Waals surface area contributed by atoms with Crippen molar-refractivity contribution in [2.45, 2.75) is 63.6 Å². The molecule has 2 heterocycles. The number of nitrogens with one attached hydrogen (secondary N) is 2. The second-order valence-electron chi connectivity index (χ2n) is 7.26. The van der Waals surface area contributed by atoms with Crippen LogP contribution >= 0.6 is 0 Å². The van der Waals surface area contributed by atoms with E-state index in [2.05, 4.69) is 28.6 Å². The fourth-order valence-electron chi connectivity index (χ4n) is 4.29. The van der Waals surface area contributed by atoms with Gasteiger partial charge in [0.05, 0.1) is 6.61 Å². The molecule has 2 N–H and O–H groups in total. The Kier molecular flexibility index (Phi) is 6.19. The minimum Gasteiger partial charge on any atom is -0.494 e. The van der Waals surface area contributed by atoms with Crippen molar-refractivity contribution in [2.75, 3.05) is 20.2 Å². The van der Waals surface area contributed by atoms with Crippen LogP contribution in [0.5, 0.6) is 5.75 Å². The maximum Gasteiger partial charge on any atom is 0.315 e. The number of carbonyl (C=O) groups excluding carboxylic acids is 1. The number of hydrogen-bond acceptors (Lipinski definition) is 3. The van der Waals surface area contributed by atoms with Gasteiger partial charge in [-0.15, -0.1) is 0 Å². The molecule has 3 rings (SSSR count). The van der Waals surface area contributed by atoms with Crippen LogP contribution in [0.4, 0.5) is 4.79 Å². The van der Waals surface area contributed by atoms with Gasteiger partial charge >= 0.3 is 6.03 Å². The fourth-order valence-corrected chi connectivity index (χ4v) is 4.29. The van der Waals surface area contributed by atoms with Crippen molar-refractivity contribution in [2.24, 2.45) is 0 Å². The molecule has 2 atom stereocenters. The van der Waals surface area contributed by atoms with Gasteiger partial charge in [0.15, 0.2) is 0 Å². The van der Waals surface area contributed by atoms with Gasteiger partial charge in [-0.2, -0.15) is 0 Å². The molecule has 2 aliphatic heterocycles. The summed E-state index contributed by atoms with van der Waals surface area (Å²) in [6.07, 6.45) is 6.79. The standard InChI is InChI=1S/C20H31N3O2/c1-3-25-19-10-5-4-7-15(19)11-12-21-20(24)22-16-13-17-8-6-9-18(14-16)23(17)2/h4-5,7,10,16-18H,3,6,8-9,11-14H2,1-2H3,(H2,21,22,24). The summed E-state index contributed by atoms with van der Waals surface area (Å²) < 4.78 is 5.64. The average molecular weight is 345 g/mol. The predicted molar refractivity (Wildman–Crippen MR) is 100 cm³/mol. The first-order chi connectivity index (χ1) is 12.2. The number of ether oxygens (including phenoxy) is 1. The number of hydrogen-bond donors (Lipinski definition) is 2. The van der Waals surface area contributed by atoms with Crippen LogP contribution in [-0.4, -0.2) is 49.3 Å². The molecule has 5 nitrogen and oxygen atoms in total. The summed E-state index contributed by atoms with van der Waals surface area (Å²) in [4.78, 5) is 14.8. The molecule has 0 radical (unpaired) electrons. The first-order valence-electron chi connectivity index (χ1n) is 9.64. The maximum atomic E-state index is 12.2. The number of piperidine rings is 2. The molecule has 1 aromatic carbocycles. The Balaban J connectivity index is 1.43. The van der Waals surface area contributed by atoms with Crippen LogP contribution in [0.1, 0.15) is 44.6 Å². The topological polar surface area (TPSA) is 53.6 Å². The summed E-state index contributed by atoms with van der Waals surface area (Å²) in [6, 6.07) is 9.56. The van der Waals surface area contributed by atoms with E-state index in [4.69, 9.17) is 4.74 Å². The van der Waals surface area contributed by atoms with Crippen LogP contribution in [0.2, 0.25) is 0 Å². The number of nitrogens with zero attached hydrogens (tertiary/aromatic N) is 1. The monoisotopic (exact) mass is 345 g/mol. The molecule has 2 aliphatic rings. The van der Waals surface area contributed by atoms with Gasteiger partial charge in [0.2, 0.25) is 0 Å². The highest BCUT2D eigenvalue weighted by atomic mass is 16.5. The van der Waals surface area contributed by atoms with Crippen LogP contribution in [0.25, 0.3) is 0 Å². The summed E-state index contributed by atoms with van der Waals surface area (Å²) in [5, 5.41) is 6.19. The first kappa shape index (κ1) is 18.1. The highest BCUT2D eigenvalue weighted by Crippen LogP contribution is 2.32. The zero-order chi connectivity index (χ0) is 17.6. The van der Waals surface area contributed by atoms with Crippen LogP contribution < -0.4 is 15.4 Å². The molecule has 0 aromatic heterocycles. The highest BCUT2D eigenvalue weighted by Gasteiger charge is 2.36. The van der Waals surface area contributed by atoms with Crippen LogP contribution in [-0.2, 0) is 6.42 Å². The smallest absolute Gasteiger partial charge is 0.315 e. The van der Waals surface area contributed by atoms with Crippen molar-refractivity contribution in [3.8, 4) is 5.75 Å². The summed E-state index contributed by atoms with van der Waals surface area (Å²) in [5.74, 6) is 0.912. The Morgan fingerprint density at radius 2 is 1.96 bits per heavy atom. The summed E-state index contributed by atoms with van der Waals surface area (Å²) in [5.41, 5.74) is 1.14. The third-order valence-corrected chi connectivity index (χ3v) is 5.63. The highest BCUT2D eigenvalue weighted by molar-refractivity contribution is 5.74. The van der Waals surface area contributed by atoms with Crippen molar-refractivity contribution < 1.29 is 9.53 Å². The van der Waals surface area contributed by atoms with E-state index in [1.165, 1.54) is 19.3 Å². The Morgan fingerprint density at radius 3 is 2.68 bits per heavy atom. The molecule has 2 bridgehead atoms. The number of urea groups is 1. The van der Waals surface area contributed by atoms with Crippen molar-refractivity contribution in [1.29, 1.82) is 0 Å². The van der Waals surface area contributed by atoms with Gasteiger partial charge < -0.3 is 20.3 Å². The maximum absolute atomic E-state index is 12.2. The van der Waals surface area contributed by atoms with Crippen LogP contribution in [0.15, 0.2) is 24.3 Å². The van der Waals surface area contributed by atoms with Crippen LogP contribution in [0, 0.1) is 0 Å². The first-order valence-corrected chi connectivity index (χ1v) is 9.64. The van der Waals surface area contributed by atoms with Gasteiger partial charge in [-0.05, 0) is 57.7 Å². The Bertz CT molecular complexity index is 564. The molecule has 0 saturated carbocycles. The zero-order valence-corrected chi connectivity index (χ0v) is 15.5. The minimum absolute atomic E-state index is 0.0403. The van der Waals surface area contributed by atoms with Gasteiger partial charge in [-0.1, -0.05) is 24.6 Å². The number of para-hydroxylation sites is 1.